The van der Waals surface area contributed by atoms with Crippen LogP contribution in [-0.4, -0.2) is 15.0 Å². The molecular weight excluding hydrogens is 258 g/mol. The summed E-state index contributed by atoms with van der Waals surface area (Å²) in [4.78, 5) is 13.2. The van der Waals surface area contributed by atoms with E-state index in [-0.39, 0.29) is 0 Å². The van der Waals surface area contributed by atoms with E-state index >= 15 is 0 Å². The summed E-state index contributed by atoms with van der Waals surface area (Å²) in [6.07, 6.45) is 1.58. The van der Waals surface area contributed by atoms with E-state index in [4.69, 9.17) is 0 Å². The Bertz CT molecular complexity index is 756. The van der Waals surface area contributed by atoms with Gasteiger partial charge in [0.2, 0.25) is 0 Å². The second-order valence-electron chi connectivity index (χ2n) is 5.38. The van der Waals surface area contributed by atoms with E-state index in [0.29, 0.717) is 11.6 Å². The lowest BCUT2D eigenvalue weighted by molar-refractivity contribution is 1.06. The van der Waals surface area contributed by atoms with Gasteiger partial charge in [-0.3, -0.25) is 0 Å². The Kier molecular flexibility index (Phi) is 3.48. The maximum absolute atomic E-state index is 4.60. The summed E-state index contributed by atoms with van der Waals surface area (Å²) in [5.41, 5.74) is 5.68. The molecule has 21 heavy (non-hydrogen) atoms. The second-order valence-corrected chi connectivity index (χ2v) is 5.38. The molecule has 3 aromatic rings. The van der Waals surface area contributed by atoms with Gasteiger partial charge in [-0.25, -0.2) is 15.0 Å². The average Bonchev–Trinajstić information content (AvgIpc) is 2.47. The standard InChI is InChI=1S/C18H17N3/c1-12-4-6-15(7-5-12)17-19-11-20-18(21-17)16-9-13(2)8-14(3)10-16/h4-11H,1-3H3. The lowest BCUT2D eigenvalue weighted by Crippen LogP contribution is -1.96. The molecule has 0 atom stereocenters. The SMILES string of the molecule is Cc1ccc(-c2ncnc(-c3cc(C)cc(C)c3)n2)cc1. The minimum Gasteiger partial charge on any atom is -0.217 e. The lowest BCUT2D eigenvalue weighted by Gasteiger charge is -2.06. The first kappa shape index (κ1) is 13.4. The highest BCUT2D eigenvalue weighted by molar-refractivity contribution is 5.61. The molecule has 0 spiro atoms. The molecule has 0 aliphatic carbocycles. The van der Waals surface area contributed by atoms with Gasteiger partial charge >= 0.3 is 0 Å². The minimum absolute atomic E-state index is 0.708. The Morgan fingerprint density at radius 2 is 1.19 bits per heavy atom. The molecule has 1 heterocycles. The van der Waals surface area contributed by atoms with Crippen LogP contribution in [0.3, 0.4) is 0 Å². The first-order valence-electron chi connectivity index (χ1n) is 6.96. The Hall–Kier alpha value is -2.55. The third kappa shape index (κ3) is 2.97. The Labute approximate surface area is 124 Å². The molecule has 0 radical (unpaired) electrons. The number of aryl methyl sites for hydroxylation is 3. The van der Waals surface area contributed by atoms with Gasteiger partial charge in [0.15, 0.2) is 11.6 Å². The smallest absolute Gasteiger partial charge is 0.163 e. The lowest BCUT2D eigenvalue weighted by atomic mass is 10.1. The van der Waals surface area contributed by atoms with Crippen molar-refractivity contribution in [3.63, 3.8) is 0 Å². The molecule has 3 rings (SSSR count). The first-order valence-corrected chi connectivity index (χ1v) is 6.96. The number of benzene rings is 2. The summed E-state index contributed by atoms with van der Waals surface area (Å²) in [5.74, 6) is 1.42. The van der Waals surface area contributed by atoms with Crippen LogP contribution in [0.4, 0.5) is 0 Å². The van der Waals surface area contributed by atoms with E-state index in [0.717, 1.165) is 11.1 Å². The van der Waals surface area contributed by atoms with E-state index in [9.17, 15) is 0 Å². The summed E-state index contributed by atoms with van der Waals surface area (Å²) in [7, 11) is 0. The Morgan fingerprint density at radius 1 is 0.619 bits per heavy atom. The number of hydrogen-bond acceptors (Lipinski definition) is 3. The average molecular weight is 275 g/mol. The number of nitrogens with zero attached hydrogens (tertiary/aromatic N) is 3. The maximum atomic E-state index is 4.60. The van der Waals surface area contributed by atoms with E-state index in [1.54, 1.807) is 6.33 Å². The topological polar surface area (TPSA) is 38.7 Å². The van der Waals surface area contributed by atoms with Crippen molar-refractivity contribution in [2.45, 2.75) is 20.8 Å². The van der Waals surface area contributed by atoms with Crippen molar-refractivity contribution in [3.8, 4) is 22.8 Å². The van der Waals surface area contributed by atoms with Gasteiger partial charge in [0, 0.05) is 11.1 Å². The highest BCUT2D eigenvalue weighted by Crippen LogP contribution is 2.21. The molecule has 1 aromatic heterocycles. The van der Waals surface area contributed by atoms with Gasteiger partial charge in [-0.05, 0) is 32.9 Å². The van der Waals surface area contributed by atoms with E-state index < -0.39 is 0 Å². The quantitative estimate of drug-likeness (QED) is 0.705. The fourth-order valence-corrected chi connectivity index (χ4v) is 2.38. The molecule has 0 saturated carbocycles. The zero-order valence-corrected chi connectivity index (χ0v) is 12.5. The van der Waals surface area contributed by atoms with Gasteiger partial charge in [-0.1, -0.05) is 47.0 Å². The molecule has 0 bridgehead atoms. The molecule has 0 fully saturated rings. The Morgan fingerprint density at radius 3 is 1.81 bits per heavy atom. The van der Waals surface area contributed by atoms with Gasteiger partial charge < -0.3 is 0 Å². The van der Waals surface area contributed by atoms with Gasteiger partial charge in [0.05, 0.1) is 0 Å². The highest BCUT2D eigenvalue weighted by atomic mass is 15.0. The van der Waals surface area contributed by atoms with Crippen LogP contribution in [0, 0.1) is 20.8 Å². The molecular formula is C18H17N3. The predicted molar refractivity (Wildman–Crippen MR) is 84.9 cm³/mol. The van der Waals surface area contributed by atoms with Crippen LogP contribution in [-0.2, 0) is 0 Å². The number of rotatable bonds is 2. The normalized spacial score (nSPS) is 10.6. The van der Waals surface area contributed by atoms with Gasteiger partial charge in [0.25, 0.3) is 0 Å². The summed E-state index contributed by atoms with van der Waals surface area (Å²) in [6.45, 7) is 6.23. The van der Waals surface area contributed by atoms with Crippen LogP contribution in [0.2, 0.25) is 0 Å². The van der Waals surface area contributed by atoms with E-state index in [2.05, 4.69) is 66.1 Å². The fraction of sp³-hybridized carbons (Fsp3) is 0.167. The first-order chi connectivity index (χ1) is 10.1. The van der Waals surface area contributed by atoms with Crippen molar-refractivity contribution in [3.05, 3.63) is 65.5 Å². The van der Waals surface area contributed by atoms with Crippen LogP contribution in [0.25, 0.3) is 22.8 Å². The number of hydrogen-bond donors (Lipinski definition) is 0. The molecule has 0 amide bonds. The van der Waals surface area contributed by atoms with Crippen LogP contribution < -0.4 is 0 Å². The van der Waals surface area contributed by atoms with Crippen molar-refractivity contribution in [1.82, 2.24) is 15.0 Å². The Balaban J connectivity index is 2.05. The van der Waals surface area contributed by atoms with Crippen LogP contribution in [0.1, 0.15) is 16.7 Å². The van der Waals surface area contributed by atoms with E-state index in [1.807, 2.05) is 12.1 Å². The highest BCUT2D eigenvalue weighted by Gasteiger charge is 2.07. The fourth-order valence-electron chi connectivity index (χ4n) is 2.38. The second kappa shape index (κ2) is 5.44. The summed E-state index contributed by atoms with van der Waals surface area (Å²) >= 11 is 0. The maximum Gasteiger partial charge on any atom is 0.163 e. The molecule has 104 valence electrons. The summed E-state index contributed by atoms with van der Waals surface area (Å²) in [5, 5.41) is 0. The molecule has 0 saturated heterocycles. The van der Waals surface area contributed by atoms with Crippen molar-refractivity contribution < 1.29 is 0 Å². The van der Waals surface area contributed by atoms with Crippen molar-refractivity contribution in [2.24, 2.45) is 0 Å². The molecule has 0 unspecified atom stereocenters. The van der Waals surface area contributed by atoms with Crippen molar-refractivity contribution in [2.75, 3.05) is 0 Å². The monoisotopic (exact) mass is 275 g/mol. The van der Waals surface area contributed by atoms with Crippen LogP contribution in [0.5, 0.6) is 0 Å². The zero-order chi connectivity index (χ0) is 14.8. The van der Waals surface area contributed by atoms with Crippen LogP contribution >= 0.6 is 0 Å². The molecule has 0 aliphatic heterocycles. The third-order valence-electron chi connectivity index (χ3n) is 3.36. The predicted octanol–water partition coefficient (Wildman–Crippen LogP) is 4.13. The van der Waals surface area contributed by atoms with Crippen molar-refractivity contribution in [1.29, 1.82) is 0 Å². The minimum atomic E-state index is 0.708. The molecule has 3 nitrogen and oxygen atoms in total. The molecule has 3 heteroatoms. The van der Waals surface area contributed by atoms with E-state index in [1.165, 1.54) is 16.7 Å². The molecule has 0 N–H and O–H groups in total. The van der Waals surface area contributed by atoms with Gasteiger partial charge in [-0.2, -0.15) is 0 Å². The summed E-state index contributed by atoms with van der Waals surface area (Å²) < 4.78 is 0. The van der Waals surface area contributed by atoms with Crippen LogP contribution in [0.15, 0.2) is 48.8 Å². The molecule has 2 aromatic carbocycles. The molecule has 0 aliphatic rings. The van der Waals surface area contributed by atoms with Crippen molar-refractivity contribution >= 4 is 0 Å². The largest absolute Gasteiger partial charge is 0.217 e. The van der Waals surface area contributed by atoms with Gasteiger partial charge in [0.1, 0.15) is 6.33 Å². The third-order valence-corrected chi connectivity index (χ3v) is 3.36. The zero-order valence-electron chi connectivity index (χ0n) is 12.5. The number of aromatic nitrogens is 3. The van der Waals surface area contributed by atoms with Gasteiger partial charge in [-0.15, -0.1) is 0 Å². The summed E-state index contributed by atoms with van der Waals surface area (Å²) in [6, 6.07) is 14.5.